The largest absolute Gasteiger partial charge is 0.356 e. The van der Waals surface area contributed by atoms with Crippen LogP contribution in [0.25, 0.3) is 0 Å². The van der Waals surface area contributed by atoms with Gasteiger partial charge in [0.25, 0.3) is 0 Å². The summed E-state index contributed by atoms with van der Waals surface area (Å²) in [5.41, 5.74) is 3.48. The molecule has 2 aliphatic rings. The van der Waals surface area contributed by atoms with E-state index in [0.29, 0.717) is 19.0 Å². The molecule has 0 spiro atoms. The summed E-state index contributed by atoms with van der Waals surface area (Å²) in [6.07, 6.45) is 5.29. The van der Waals surface area contributed by atoms with Gasteiger partial charge in [0, 0.05) is 49.7 Å². The first-order chi connectivity index (χ1) is 15.6. The molecule has 2 unspecified atom stereocenters. The Kier molecular flexibility index (Phi) is 9.14. The number of guanidine groups is 1. The number of aliphatic imine (C=N–C) groups is 1. The number of amides is 1. The maximum atomic E-state index is 12.1. The monoisotopic (exact) mass is 561 g/mol. The van der Waals surface area contributed by atoms with Crippen molar-refractivity contribution in [3.63, 3.8) is 0 Å². The number of hydrogen-bond acceptors (Lipinski definition) is 3. The molecule has 2 aromatic carbocycles. The molecule has 4 N–H and O–H groups in total. The summed E-state index contributed by atoms with van der Waals surface area (Å²) in [5, 5.41) is 13.9. The summed E-state index contributed by atoms with van der Waals surface area (Å²) in [5.74, 6) is 0.992. The van der Waals surface area contributed by atoms with Gasteiger partial charge in [-0.2, -0.15) is 0 Å². The van der Waals surface area contributed by atoms with E-state index in [-0.39, 0.29) is 41.3 Å². The van der Waals surface area contributed by atoms with Gasteiger partial charge in [-0.15, -0.1) is 24.0 Å². The molecule has 2 aromatic rings. The Labute approximate surface area is 214 Å². The predicted octanol–water partition coefficient (Wildman–Crippen LogP) is 4.56. The standard InChI is InChI=1S/C26H35N5O.HI/c1-19(20-10-4-3-5-11-20)31-26(14-8-9-15-26)18-29-25(27-2)28-17-21-16-24(32)30-23-13-7-6-12-22(21)23;/h3-7,10-13,19,21,31H,8-9,14-18H2,1-2H3,(H,30,32)(H2,27,28,29);1H. The highest BCUT2D eigenvalue weighted by molar-refractivity contribution is 14.0. The maximum Gasteiger partial charge on any atom is 0.225 e. The van der Waals surface area contributed by atoms with Crippen LogP contribution in [-0.2, 0) is 4.79 Å². The fourth-order valence-electron chi connectivity index (χ4n) is 5.09. The number of hydrogen-bond donors (Lipinski definition) is 4. The second kappa shape index (κ2) is 11.8. The Bertz CT molecular complexity index is 943. The Morgan fingerprint density at radius 1 is 1.09 bits per heavy atom. The van der Waals surface area contributed by atoms with Gasteiger partial charge >= 0.3 is 0 Å². The summed E-state index contributed by atoms with van der Waals surface area (Å²) in [7, 11) is 1.80. The highest BCUT2D eigenvalue weighted by Gasteiger charge is 2.35. The van der Waals surface area contributed by atoms with Crippen LogP contribution < -0.4 is 21.3 Å². The van der Waals surface area contributed by atoms with Gasteiger partial charge in [0.05, 0.1) is 0 Å². The quantitative estimate of drug-likeness (QED) is 0.227. The Balaban J connectivity index is 0.00000306. The maximum absolute atomic E-state index is 12.1. The Morgan fingerprint density at radius 2 is 1.79 bits per heavy atom. The zero-order valence-electron chi connectivity index (χ0n) is 19.6. The van der Waals surface area contributed by atoms with Crippen LogP contribution in [0.4, 0.5) is 5.69 Å². The van der Waals surface area contributed by atoms with Gasteiger partial charge in [0.2, 0.25) is 5.91 Å². The van der Waals surface area contributed by atoms with Crippen molar-refractivity contribution in [1.82, 2.24) is 16.0 Å². The molecule has 0 saturated heterocycles. The first-order valence-electron chi connectivity index (χ1n) is 11.7. The molecule has 7 heteroatoms. The molecule has 33 heavy (non-hydrogen) atoms. The number of para-hydroxylation sites is 1. The molecule has 4 rings (SSSR count). The second-order valence-electron chi connectivity index (χ2n) is 9.11. The van der Waals surface area contributed by atoms with Gasteiger partial charge in [0.1, 0.15) is 0 Å². The van der Waals surface area contributed by atoms with Gasteiger partial charge in [-0.1, -0.05) is 61.4 Å². The third-order valence-electron chi connectivity index (χ3n) is 6.82. The number of halogens is 1. The van der Waals surface area contributed by atoms with E-state index in [1.54, 1.807) is 7.05 Å². The molecule has 1 amide bonds. The van der Waals surface area contributed by atoms with Crippen LogP contribution in [0.3, 0.4) is 0 Å². The van der Waals surface area contributed by atoms with Crippen molar-refractivity contribution in [3.8, 4) is 0 Å². The Hall–Kier alpha value is -2.13. The zero-order valence-corrected chi connectivity index (χ0v) is 21.9. The summed E-state index contributed by atoms with van der Waals surface area (Å²) in [6, 6.07) is 19.0. The number of fused-ring (bicyclic) bond motifs is 1. The van der Waals surface area contributed by atoms with Crippen molar-refractivity contribution >= 4 is 41.5 Å². The number of carbonyl (C=O) groups is 1. The summed E-state index contributed by atoms with van der Waals surface area (Å²) in [4.78, 5) is 16.6. The lowest BCUT2D eigenvalue weighted by molar-refractivity contribution is -0.116. The highest BCUT2D eigenvalue weighted by atomic mass is 127. The van der Waals surface area contributed by atoms with Gasteiger partial charge in [0.15, 0.2) is 5.96 Å². The average Bonchev–Trinajstić information content (AvgIpc) is 3.28. The Morgan fingerprint density at radius 3 is 2.52 bits per heavy atom. The van der Waals surface area contributed by atoms with Crippen molar-refractivity contribution in [1.29, 1.82) is 0 Å². The van der Waals surface area contributed by atoms with Gasteiger partial charge in [-0.05, 0) is 37.0 Å². The van der Waals surface area contributed by atoms with Gasteiger partial charge in [-0.25, -0.2) is 0 Å². The van der Waals surface area contributed by atoms with E-state index in [1.165, 1.54) is 24.0 Å². The second-order valence-corrected chi connectivity index (χ2v) is 9.11. The summed E-state index contributed by atoms with van der Waals surface area (Å²) >= 11 is 0. The smallest absolute Gasteiger partial charge is 0.225 e. The predicted molar refractivity (Wildman–Crippen MR) is 146 cm³/mol. The molecule has 6 nitrogen and oxygen atoms in total. The van der Waals surface area contributed by atoms with Crippen LogP contribution in [0, 0.1) is 0 Å². The fourth-order valence-corrected chi connectivity index (χ4v) is 5.09. The normalized spacial score (nSPS) is 20.2. The number of benzene rings is 2. The lowest BCUT2D eigenvalue weighted by Gasteiger charge is -2.35. The van der Waals surface area contributed by atoms with Crippen LogP contribution in [0.15, 0.2) is 59.6 Å². The molecule has 2 atom stereocenters. The van der Waals surface area contributed by atoms with Crippen molar-refractivity contribution in [2.75, 3.05) is 25.5 Å². The molecule has 178 valence electrons. The summed E-state index contributed by atoms with van der Waals surface area (Å²) in [6.45, 7) is 3.74. The van der Waals surface area contributed by atoms with E-state index in [0.717, 1.165) is 31.0 Å². The number of rotatable bonds is 7. The minimum absolute atomic E-state index is 0. The molecule has 0 aromatic heterocycles. The summed E-state index contributed by atoms with van der Waals surface area (Å²) < 4.78 is 0. The van der Waals surface area contributed by atoms with E-state index in [9.17, 15) is 4.79 Å². The number of carbonyl (C=O) groups excluding carboxylic acids is 1. The highest BCUT2D eigenvalue weighted by Crippen LogP contribution is 2.32. The van der Waals surface area contributed by atoms with Crippen LogP contribution in [-0.4, -0.2) is 37.5 Å². The zero-order chi connectivity index (χ0) is 22.4. The van der Waals surface area contributed by atoms with Crippen LogP contribution in [0.2, 0.25) is 0 Å². The third-order valence-corrected chi connectivity index (χ3v) is 6.82. The van der Waals surface area contributed by atoms with Crippen LogP contribution in [0.1, 0.15) is 62.1 Å². The van der Waals surface area contributed by atoms with Crippen molar-refractivity contribution < 1.29 is 4.79 Å². The van der Waals surface area contributed by atoms with Gasteiger partial charge in [-0.3, -0.25) is 9.79 Å². The molecule has 1 aliphatic carbocycles. The van der Waals surface area contributed by atoms with E-state index in [1.807, 2.05) is 18.2 Å². The van der Waals surface area contributed by atoms with Crippen molar-refractivity contribution in [3.05, 3.63) is 65.7 Å². The van der Waals surface area contributed by atoms with E-state index in [2.05, 4.69) is 69.6 Å². The average molecular weight is 562 g/mol. The van der Waals surface area contributed by atoms with E-state index >= 15 is 0 Å². The van der Waals surface area contributed by atoms with Crippen LogP contribution in [0.5, 0.6) is 0 Å². The molecule has 0 radical (unpaired) electrons. The first kappa shape index (κ1) is 25.5. The van der Waals surface area contributed by atoms with Crippen molar-refractivity contribution in [2.45, 2.75) is 56.5 Å². The molecule has 0 bridgehead atoms. The fraction of sp³-hybridized carbons (Fsp3) is 0.462. The SMILES string of the molecule is CN=C(NCC1CC(=O)Nc2ccccc21)NCC1(NC(C)c2ccccc2)CCCC1.I. The topological polar surface area (TPSA) is 77.5 Å². The molecule has 1 saturated carbocycles. The molecular weight excluding hydrogens is 525 g/mol. The molecular formula is C26H36IN5O. The van der Waals surface area contributed by atoms with E-state index < -0.39 is 0 Å². The number of anilines is 1. The molecule has 1 fully saturated rings. The lowest BCUT2D eigenvalue weighted by atomic mass is 9.90. The van der Waals surface area contributed by atoms with Crippen LogP contribution >= 0.6 is 24.0 Å². The molecule has 1 aliphatic heterocycles. The first-order valence-corrected chi connectivity index (χ1v) is 11.7. The van der Waals surface area contributed by atoms with Gasteiger partial charge < -0.3 is 21.3 Å². The van der Waals surface area contributed by atoms with E-state index in [4.69, 9.17) is 0 Å². The molecule has 1 heterocycles. The minimum Gasteiger partial charge on any atom is -0.356 e. The number of nitrogens with one attached hydrogen (secondary N) is 4. The number of nitrogens with zero attached hydrogens (tertiary/aromatic N) is 1. The van der Waals surface area contributed by atoms with Crippen molar-refractivity contribution in [2.24, 2.45) is 4.99 Å². The third kappa shape index (κ3) is 6.47. The minimum atomic E-state index is 0. The lowest BCUT2D eigenvalue weighted by Crippen LogP contribution is -2.54.